The van der Waals surface area contributed by atoms with Crippen LogP contribution in [0.3, 0.4) is 0 Å². The van der Waals surface area contributed by atoms with Gasteiger partial charge >= 0.3 is 0 Å². The molecule has 1 unspecified atom stereocenters. The largest absolute Gasteiger partial charge is 0.389 e. The van der Waals surface area contributed by atoms with E-state index in [1.807, 2.05) is 0 Å². The summed E-state index contributed by atoms with van der Waals surface area (Å²) in [6, 6.07) is 2.12. The maximum atomic E-state index is 10.3. The van der Waals surface area contributed by atoms with Gasteiger partial charge in [-0.3, -0.25) is 0 Å². The maximum Gasteiger partial charge on any atom is 0.0713 e. The van der Waals surface area contributed by atoms with Gasteiger partial charge in [-0.25, -0.2) is 0 Å². The molecule has 0 amide bonds. The molecule has 0 spiro atoms. The van der Waals surface area contributed by atoms with Crippen LogP contribution in [-0.4, -0.2) is 10.7 Å². The third kappa shape index (κ3) is 1.94. The quantitative estimate of drug-likeness (QED) is 0.785. The lowest BCUT2D eigenvalue weighted by Crippen LogP contribution is -2.32. The summed E-state index contributed by atoms with van der Waals surface area (Å²) in [5.74, 6) is 0.567. The van der Waals surface area contributed by atoms with E-state index < -0.39 is 5.60 Å². The Morgan fingerprint density at radius 1 is 1.62 bits per heavy atom. The third-order valence-corrected chi connectivity index (χ3v) is 3.77. The Morgan fingerprint density at radius 2 is 2.38 bits per heavy atom. The van der Waals surface area contributed by atoms with E-state index in [0.717, 1.165) is 12.8 Å². The summed E-state index contributed by atoms with van der Waals surface area (Å²) in [6.07, 6.45) is 4.16. The standard InChI is InChI=1S/C11H16OS/c1-2-11(12,10-3-4-10)7-9-5-6-13-8-9/h5-6,8,10,12H,2-4,7H2,1H3. The summed E-state index contributed by atoms with van der Waals surface area (Å²) in [4.78, 5) is 0. The van der Waals surface area contributed by atoms with E-state index in [9.17, 15) is 5.11 Å². The van der Waals surface area contributed by atoms with Crippen molar-refractivity contribution in [1.29, 1.82) is 0 Å². The van der Waals surface area contributed by atoms with Crippen molar-refractivity contribution >= 4 is 11.3 Å². The van der Waals surface area contributed by atoms with Gasteiger partial charge in [0.05, 0.1) is 5.60 Å². The van der Waals surface area contributed by atoms with Gasteiger partial charge in [0.25, 0.3) is 0 Å². The molecular weight excluding hydrogens is 180 g/mol. The monoisotopic (exact) mass is 196 g/mol. The van der Waals surface area contributed by atoms with Gasteiger partial charge in [-0.15, -0.1) is 0 Å². The molecule has 2 rings (SSSR count). The van der Waals surface area contributed by atoms with Crippen LogP contribution in [0.5, 0.6) is 0 Å². The first-order valence-corrected chi connectivity index (χ1v) is 5.92. The summed E-state index contributed by atoms with van der Waals surface area (Å²) >= 11 is 1.71. The highest BCUT2D eigenvalue weighted by atomic mass is 32.1. The molecule has 0 aromatic carbocycles. The maximum absolute atomic E-state index is 10.3. The summed E-state index contributed by atoms with van der Waals surface area (Å²) in [5.41, 5.74) is 0.877. The molecule has 13 heavy (non-hydrogen) atoms. The van der Waals surface area contributed by atoms with Crippen molar-refractivity contribution in [3.05, 3.63) is 22.4 Å². The summed E-state index contributed by atoms with van der Waals surface area (Å²) in [6.45, 7) is 2.09. The van der Waals surface area contributed by atoms with Crippen LogP contribution in [0.4, 0.5) is 0 Å². The van der Waals surface area contributed by atoms with E-state index in [1.165, 1.54) is 18.4 Å². The number of rotatable bonds is 4. The molecule has 72 valence electrons. The summed E-state index contributed by atoms with van der Waals surface area (Å²) in [7, 11) is 0. The van der Waals surface area contributed by atoms with Crippen LogP contribution in [0.2, 0.25) is 0 Å². The van der Waals surface area contributed by atoms with E-state index in [1.54, 1.807) is 11.3 Å². The van der Waals surface area contributed by atoms with Gasteiger partial charge in [0.2, 0.25) is 0 Å². The Hall–Kier alpha value is -0.340. The molecule has 1 heterocycles. The van der Waals surface area contributed by atoms with Gasteiger partial charge in [0.15, 0.2) is 0 Å². The second kappa shape index (κ2) is 3.43. The molecule has 0 bridgehead atoms. The predicted molar refractivity (Wildman–Crippen MR) is 56.0 cm³/mol. The highest BCUT2D eigenvalue weighted by molar-refractivity contribution is 7.07. The van der Waals surface area contributed by atoms with E-state index >= 15 is 0 Å². The molecule has 0 aliphatic heterocycles. The summed E-state index contributed by atoms with van der Waals surface area (Å²) in [5, 5.41) is 14.6. The normalized spacial score (nSPS) is 21.4. The molecule has 0 radical (unpaired) electrons. The van der Waals surface area contributed by atoms with Crippen molar-refractivity contribution in [2.75, 3.05) is 0 Å². The molecule has 1 aromatic rings. The van der Waals surface area contributed by atoms with Crippen molar-refractivity contribution in [2.24, 2.45) is 5.92 Å². The average Bonchev–Trinajstić information content (AvgIpc) is 2.88. The van der Waals surface area contributed by atoms with Crippen LogP contribution in [0, 0.1) is 5.92 Å². The molecule has 2 heteroatoms. The molecule has 1 nitrogen and oxygen atoms in total. The number of aliphatic hydroxyl groups is 1. The highest BCUT2D eigenvalue weighted by Crippen LogP contribution is 2.43. The van der Waals surface area contributed by atoms with Crippen LogP contribution in [0.15, 0.2) is 16.8 Å². The fourth-order valence-electron chi connectivity index (χ4n) is 1.93. The second-order valence-electron chi connectivity index (χ2n) is 4.04. The van der Waals surface area contributed by atoms with Crippen molar-refractivity contribution in [2.45, 2.75) is 38.2 Å². The predicted octanol–water partition coefficient (Wildman–Crippen LogP) is 2.84. The van der Waals surface area contributed by atoms with Crippen LogP contribution in [-0.2, 0) is 6.42 Å². The van der Waals surface area contributed by atoms with Crippen molar-refractivity contribution in [3.63, 3.8) is 0 Å². The van der Waals surface area contributed by atoms with E-state index in [-0.39, 0.29) is 0 Å². The number of hydrogen-bond donors (Lipinski definition) is 1. The minimum Gasteiger partial charge on any atom is -0.389 e. The average molecular weight is 196 g/mol. The minimum atomic E-state index is -0.416. The first-order chi connectivity index (χ1) is 6.24. The SMILES string of the molecule is CCC(O)(Cc1ccsc1)C1CC1. The molecule has 1 aromatic heterocycles. The Morgan fingerprint density at radius 3 is 2.85 bits per heavy atom. The zero-order valence-electron chi connectivity index (χ0n) is 7.99. The lowest BCUT2D eigenvalue weighted by Gasteiger charge is -2.26. The Kier molecular flexibility index (Phi) is 2.43. The summed E-state index contributed by atoms with van der Waals surface area (Å²) < 4.78 is 0. The van der Waals surface area contributed by atoms with Gasteiger partial charge in [-0.1, -0.05) is 6.92 Å². The Labute approximate surface area is 83.4 Å². The first kappa shape index (κ1) is 9.22. The lowest BCUT2D eigenvalue weighted by atomic mass is 9.88. The van der Waals surface area contributed by atoms with Crippen LogP contribution in [0.25, 0.3) is 0 Å². The molecule has 1 atom stereocenters. The van der Waals surface area contributed by atoms with Crippen LogP contribution < -0.4 is 0 Å². The van der Waals surface area contributed by atoms with E-state index in [2.05, 4.69) is 23.8 Å². The van der Waals surface area contributed by atoms with Gasteiger partial charge in [-0.05, 0) is 47.6 Å². The van der Waals surface area contributed by atoms with Crippen molar-refractivity contribution < 1.29 is 5.11 Å². The molecule has 1 N–H and O–H groups in total. The van der Waals surface area contributed by atoms with Gasteiger partial charge in [0.1, 0.15) is 0 Å². The molecule has 0 saturated heterocycles. The van der Waals surface area contributed by atoms with E-state index in [4.69, 9.17) is 0 Å². The van der Waals surface area contributed by atoms with Crippen molar-refractivity contribution in [1.82, 2.24) is 0 Å². The number of thiophene rings is 1. The first-order valence-electron chi connectivity index (χ1n) is 4.98. The molecule has 1 aliphatic carbocycles. The van der Waals surface area contributed by atoms with Crippen molar-refractivity contribution in [3.8, 4) is 0 Å². The minimum absolute atomic E-state index is 0.416. The molecule has 1 fully saturated rings. The third-order valence-electron chi connectivity index (χ3n) is 3.04. The molecule has 1 aliphatic rings. The molecule has 1 saturated carbocycles. The fourth-order valence-corrected chi connectivity index (χ4v) is 2.59. The zero-order chi connectivity index (χ0) is 9.31. The van der Waals surface area contributed by atoms with Gasteiger partial charge in [-0.2, -0.15) is 11.3 Å². The van der Waals surface area contributed by atoms with Gasteiger partial charge in [0, 0.05) is 6.42 Å². The van der Waals surface area contributed by atoms with E-state index in [0.29, 0.717) is 5.92 Å². The van der Waals surface area contributed by atoms with Gasteiger partial charge < -0.3 is 5.11 Å². The molecular formula is C11H16OS. The Balaban J connectivity index is 2.05. The smallest absolute Gasteiger partial charge is 0.0713 e. The highest BCUT2D eigenvalue weighted by Gasteiger charge is 2.42. The number of hydrogen-bond acceptors (Lipinski definition) is 2. The zero-order valence-corrected chi connectivity index (χ0v) is 8.81. The fraction of sp³-hybridized carbons (Fsp3) is 0.636. The lowest BCUT2D eigenvalue weighted by molar-refractivity contribution is 0.0140. The Bertz CT molecular complexity index is 264. The topological polar surface area (TPSA) is 20.2 Å². The van der Waals surface area contributed by atoms with Crippen LogP contribution >= 0.6 is 11.3 Å². The van der Waals surface area contributed by atoms with Crippen LogP contribution in [0.1, 0.15) is 31.7 Å². The second-order valence-corrected chi connectivity index (χ2v) is 4.82.